The highest BCUT2D eigenvalue weighted by Gasteiger charge is 2.23. The third-order valence-corrected chi connectivity index (χ3v) is 4.74. The Morgan fingerprint density at radius 2 is 1.73 bits per heavy atom. The van der Waals surface area contributed by atoms with Crippen molar-refractivity contribution in [1.82, 2.24) is 9.88 Å². The Kier molecular flexibility index (Phi) is 3.84. The predicted molar refractivity (Wildman–Crippen MR) is 101 cm³/mol. The summed E-state index contributed by atoms with van der Waals surface area (Å²) in [7, 11) is 1.70. The summed E-state index contributed by atoms with van der Waals surface area (Å²) in [4.78, 5) is 29.4. The molecule has 1 atom stereocenters. The molecule has 0 aliphatic carbocycles. The molecule has 2 aromatic carbocycles. The predicted octanol–water partition coefficient (Wildman–Crippen LogP) is 4.11. The summed E-state index contributed by atoms with van der Waals surface area (Å²) in [6, 6.07) is 18.3. The lowest BCUT2D eigenvalue weighted by Crippen LogP contribution is -2.31. The first kappa shape index (κ1) is 16.1. The fourth-order valence-corrected chi connectivity index (χ4v) is 3.09. The first-order chi connectivity index (χ1) is 12.5. The molecule has 4 aromatic rings. The Hall–Kier alpha value is -3.34. The Balaban J connectivity index is 1.68. The van der Waals surface area contributed by atoms with Gasteiger partial charge in [0.2, 0.25) is 0 Å². The normalized spacial score (nSPS) is 12.4. The Labute approximate surface area is 149 Å². The minimum absolute atomic E-state index is 0.263. The topological polar surface area (TPSA) is 66.3 Å². The largest absolute Gasteiger partial charge is 0.459 e. The second-order valence-corrected chi connectivity index (χ2v) is 6.38. The number of pyridine rings is 1. The molecule has 2 aromatic heterocycles. The molecule has 0 fully saturated rings. The van der Waals surface area contributed by atoms with Gasteiger partial charge in [-0.25, -0.2) is 0 Å². The van der Waals surface area contributed by atoms with Crippen molar-refractivity contribution in [2.45, 2.75) is 13.0 Å². The zero-order valence-corrected chi connectivity index (χ0v) is 14.5. The van der Waals surface area contributed by atoms with Crippen molar-refractivity contribution in [2.24, 2.45) is 0 Å². The SMILES string of the molecule is C[C@@H](c1cc2ccccc2o1)N(C)C(=O)c1cc2ccccc2c(=O)[nH]1. The van der Waals surface area contributed by atoms with Crippen LogP contribution in [0.15, 0.2) is 69.9 Å². The summed E-state index contributed by atoms with van der Waals surface area (Å²) < 4.78 is 5.87. The van der Waals surface area contributed by atoms with Crippen molar-refractivity contribution in [2.75, 3.05) is 7.05 Å². The Morgan fingerprint density at radius 1 is 1.04 bits per heavy atom. The number of nitrogens with zero attached hydrogens (tertiary/aromatic N) is 1. The van der Waals surface area contributed by atoms with Gasteiger partial charge in [-0.05, 0) is 36.6 Å². The van der Waals surface area contributed by atoms with E-state index >= 15 is 0 Å². The molecule has 0 bridgehead atoms. The van der Waals surface area contributed by atoms with E-state index in [1.54, 1.807) is 30.1 Å². The van der Waals surface area contributed by atoms with Crippen LogP contribution in [0.4, 0.5) is 0 Å². The summed E-state index contributed by atoms with van der Waals surface area (Å²) in [5.74, 6) is 0.436. The zero-order chi connectivity index (χ0) is 18.3. The van der Waals surface area contributed by atoms with Crippen LogP contribution in [0, 0.1) is 0 Å². The first-order valence-corrected chi connectivity index (χ1v) is 8.42. The number of aromatic nitrogens is 1. The van der Waals surface area contributed by atoms with Gasteiger partial charge in [0, 0.05) is 17.8 Å². The van der Waals surface area contributed by atoms with E-state index in [0.717, 1.165) is 16.4 Å². The molecular formula is C21H18N2O3. The van der Waals surface area contributed by atoms with Crippen LogP contribution in [-0.2, 0) is 0 Å². The zero-order valence-electron chi connectivity index (χ0n) is 14.5. The van der Waals surface area contributed by atoms with Gasteiger partial charge in [-0.3, -0.25) is 9.59 Å². The standard InChI is InChI=1S/C21H18N2O3/c1-13(19-12-15-8-4-6-10-18(15)26-19)23(2)21(25)17-11-14-7-3-5-9-16(14)20(24)22-17/h3-13H,1-2H3,(H,22,24)/t13-/m0/s1. The lowest BCUT2D eigenvalue weighted by atomic mass is 10.1. The van der Waals surface area contributed by atoms with Gasteiger partial charge in [0.05, 0.1) is 6.04 Å². The van der Waals surface area contributed by atoms with Crippen LogP contribution < -0.4 is 5.56 Å². The van der Waals surface area contributed by atoms with E-state index in [4.69, 9.17) is 4.42 Å². The number of fused-ring (bicyclic) bond motifs is 2. The molecule has 4 rings (SSSR count). The average Bonchev–Trinajstić information content (AvgIpc) is 3.10. The highest BCUT2D eigenvalue weighted by molar-refractivity contribution is 5.96. The second-order valence-electron chi connectivity index (χ2n) is 6.38. The van der Waals surface area contributed by atoms with Gasteiger partial charge in [-0.15, -0.1) is 0 Å². The third kappa shape index (κ3) is 2.67. The van der Waals surface area contributed by atoms with E-state index in [1.807, 2.05) is 49.4 Å². The molecule has 0 unspecified atom stereocenters. The summed E-state index contributed by atoms with van der Waals surface area (Å²) in [6.07, 6.45) is 0. The van der Waals surface area contributed by atoms with Gasteiger partial charge >= 0.3 is 0 Å². The number of nitrogens with one attached hydrogen (secondary N) is 1. The van der Waals surface area contributed by atoms with Crippen LogP contribution in [-0.4, -0.2) is 22.8 Å². The number of carbonyl (C=O) groups excluding carboxylic acids is 1. The van der Waals surface area contributed by atoms with Crippen molar-refractivity contribution in [3.8, 4) is 0 Å². The fraction of sp³-hybridized carbons (Fsp3) is 0.143. The monoisotopic (exact) mass is 346 g/mol. The molecular weight excluding hydrogens is 328 g/mol. The van der Waals surface area contributed by atoms with Gasteiger partial charge < -0.3 is 14.3 Å². The minimum Gasteiger partial charge on any atom is -0.459 e. The number of furan rings is 1. The lowest BCUT2D eigenvalue weighted by Gasteiger charge is -2.23. The van der Waals surface area contributed by atoms with Gasteiger partial charge in [-0.1, -0.05) is 36.4 Å². The quantitative estimate of drug-likeness (QED) is 0.607. The van der Waals surface area contributed by atoms with Crippen molar-refractivity contribution in [1.29, 1.82) is 0 Å². The van der Waals surface area contributed by atoms with Crippen LogP contribution in [0.5, 0.6) is 0 Å². The lowest BCUT2D eigenvalue weighted by molar-refractivity contribution is 0.0721. The molecule has 0 saturated heterocycles. The molecule has 26 heavy (non-hydrogen) atoms. The van der Waals surface area contributed by atoms with Crippen molar-refractivity contribution in [3.05, 3.63) is 82.5 Å². The minimum atomic E-state index is -0.273. The maximum Gasteiger partial charge on any atom is 0.270 e. The summed E-state index contributed by atoms with van der Waals surface area (Å²) >= 11 is 0. The molecule has 0 spiro atoms. The molecule has 1 N–H and O–H groups in total. The Bertz CT molecular complexity index is 1140. The van der Waals surface area contributed by atoms with Crippen LogP contribution >= 0.6 is 0 Å². The first-order valence-electron chi connectivity index (χ1n) is 8.42. The number of amides is 1. The average molecular weight is 346 g/mol. The summed E-state index contributed by atoms with van der Waals surface area (Å²) in [5, 5.41) is 2.30. The van der Waals surface area contributed by atoms with E-state index in [-0.39, 0.29) is 23.2 Å². The molecule has 0 saturated carbocycles. The molecule has 2 heterocycles. The number of hydrogen-bond donors (Lipinski definition) is 1. The van der Waals surface area contributed by atoms with E-state index < -0.39 is 0 Å². The van der Waals surface area contributed by atoms with Gasteiger partial charge in [-0.2, -0.15) is 0 Å². The number of aromatic amines is 1. The van der Waals surface area contributed by atoms with Crippen LogP contribution in [0.2, 0.25) is 0 Å². The molecule has 130 valence electrons. The number of para-hydroxylation sites is 1. The molecule has 5 heteroatoms. The van der Waals surface area contributed by atoms with Crippen molar-refractivity contribution in [3.63, 3.8) is 0 Å². The van der Waals surface area contributed by atoms with E-state index in [2.05, 4.69) is 4.98 Å². The van der Waals surface area contributed by atoms with Crippen LogP contribution in [0.1, 0.15) is 29.2 Å². The van der Waals surface area contributed by atoms with Crippen LogP contribution in [0.3, 0.4) is 0 Å². The maximum atomic E-state index is 12.9. The summed E-state index contributed by atoms with van der Waals surface area (Å²) in [6.45, 7) is 1.90. The number of carbonyl (C=O) groups is 1. The van der Waals surface area contributed by atoms with E-state index in [1.165, 1.54) is 0 Å². The third-order valence-electron chi connectivity index (χ3n) is 4.74. The molecule has 5 nitrogen and oxygen atoms in total. The van der Waals surface area contributed by atoms with Gasteiger partial charge in [0.1, 0.15) is 17.0 Å². The molecule has 0 aliphatic rings. The highest BCUT2D eigenvalue weighted by Crippen LogP contribution is 2.27. The fourth-order valence-electron chi connectivity index (χ4n) is 3.09. The van der Waals surface area contributed by atoms with Crippen molar-refractivity contribution < 1.29 is 9.21 Å². The highest BCUT2D eigenvalue weighted by atomic mass is 16.3. The maximum absolute atomic E-state index is 12.9. The summed E-state index contributed by atoms with van der Waals surface area (Å²) in [5.41, 5.74) is 0.782. The van der Waals surface area contributed by atoms with Gasteiger partial charge in [0.15, 0.2) is 0 Å². The Morgan fingerprint density at radius 3 is 2.50 bits per heavy atom. The molecule has 1 amide bonds. The van der Waals surface area contributed by atoms with E-state index in [0.29, 0.717) is 11.1 Å². The number of H-pyrrole nitrogens is 1. The number of hydrogen-bond acceptors (Lipinski definition) is 3. The van der Waals surface area contributed by atoms with Gasteiger partial charge in [0.25, 0.3) is 11.5 Å². The number of benzene rings is 2. The van der Waals surface area contributed by atoms with E-state index in [9.17, 15) is 9.59 Å². The number of rotatable bonds is 3. The molecule has 0 aliphatic heterocycles. The second kappa shape index (κ2) is 6.19. The smallest absolute Gasteiger partial charge is 0.270 e. The molecule has 0 radical (unpaired) electrons. The van der Waals surface area contributed by atoms with Crippen LogP contribution in [0.25, 0.3) is 21.7 Å². The van der Waals surface area contributed by atoms with Crippen molar-refractivity contribution >= 4 is 27.6 Å².